The molecule has 33 heavy (non-hydrogen) atoms. The summed E-state index contributed by atoms with van der Waals surface area (Å²) in [5, 5.41) is 16.3. The van der Waals surface area contributed by atoms with E-state index in [-0.39, 0.29) is 18.2 Å². The van der Waals surface area contributed by atoms with Crippen molar-refractivity contribution in [1.29, 1.82) is 0 Å². The van der Waals surface area contributed by atoms with Crippen LogP contribution in [0.5, 0.6) is 5.75 Å². The molecule has 1 aliphatic rings. The number of aromatic amines is 1. The van der Waals surface area contributed by atoms with Gasteiger partial charge in [0.05, 0.1) is 18.3 Å². The average Bonchev–Trinajstić information content (AvgIpc) is 3.33. The zero-order chi connectivity index (χ0) is 23.2. The lowest BCUT2D eigenvalue weighted by Gasteiger charge is -2.18. The number of H-pyrrole nitrogens is 1. The minimum absolute atomic E-state index is 0.169. The molecule has 0 aliphatic carbocycles. The van der Waals surface area contributed by atoms with Crippen LogP contribution in [0.1, 0.15) is 12.0 Å². The third kappa shape index (κ3) is 5.75. The molecule has 2 atom stereocenters. The van der Waals surface area contributed by atoms with E-state index < -0.39 is 6.10 Å². The smallest absolute Gasteiger partial charge is 0.247 e. The number of likely N-dealkylation sites (N-methyl/N-ethyl adjacent to an activating group) is 1. The van der Waals surface area contributed by atoms with Gasteiger partial charge in [-0.3, -0.25) is 4.79 Å². The first-order chi connectivity index (χ1) is 16.0. The molecule has 9 nitrogen and oxygen atoms in total. The molecule has 2 aromatic heterocycles. The summed E-state index contributed by atoms with van der Waals surface area (Å²) in [6.45, 7) is 3.94. The SMILES string of the molecule is CNCC(O)COc1cccc(-c2nc(NC3CCOC3)c(C)c(-c3ccc(=O)[nH]c3)n2)c1. The molecule has 1 saturated heterocycles. The lowest BCUT2D eigenvalue weighted by atomic mass is 10.1. The van der Waals surface area contributed by atoms with Gasteiger partial charge in [0.2, 0.25) is 5.56 Å². The standard InChI is InChI=1S/C24H29N5O4/c1-15-22(17-6-7-21(31)26-11-17)28-24(29-23(15)27-18-8-9-32-13-18)16-4-3-5-20(10-16)33-14-19(30)12-25-2/h3-7,10-11,18-19,25,30H,8-9,12-14H2,1-2H3,(H,26,31)(H,27,28,29). The number of anilines is 1. The number of hydrogen-bond donors (Lipinski definition) is 4. The van der Waals surface area contributed by atoms with Gasteiger partial charge in [-0.15, -0.1) is 0 Å². The molecule has 4 rings (SSSR count). The molecule has 0 amide bonds. The van der Waals surface area contributed by atoms with Crippen molar-refractivity contribution in [2.24, 2.45) is 0 Å². The fraction of sp³-hybridized carbons (Fsp3) is 0.375. The minimum atomic E-state index is -0.606. The van der Waals surface area contributed by atoms with Crippen LogP contribution in [0, 0.1) is 6.92 Å². The first-order valence-electron chi connectivity index (χ1n) is 11.0. The largest absolute Gasteiger partial charge is 0.491 e. The molecule has 3 heterocycles. The molecule has 0 saturated carbocycles. The predicted octanol–water partition coefficient (Wildman–Crippen LogP) is 1.97. The monoisotopic (exact) mass is 451 g/mol. The molecular formula is C24H29N5O4. The van der Waals surface area contributed by atoms with Crippen molar-refractivity contribution in [3.05, 3.63) is 58.5 Å². The third-order valence-corrected chi connectivity index (χ3v) is 5.45. The van der Waals surface area contributed by atoms with E-state index in [9.17, 15) is 9.90 Å². The van der Waals surface area contributed by atoms with Gasteiger partial charge in [0.25, 0.3) is 0 Å². The van der Waals surface area contributed by atoms with Gasteiger partial charge >= 0.3 is 0 Å². The van der Waals surface area contributed by atoms with E-state index in [0.717, 1.165) is 41.2 Å². The number of pyridine rings is 1. The summed E-state index contributed by atoms with van der Waals surface area (Å²) in [5.74, 6) is 1.88. The normalized spacial score (nSPS) is 16.5. The summed E-state index contributed by atoms with van der Waals surface area (Å²) in [5.41, 5.74) is 3.03. The van der Waals surface area contributed by atoms with E-state index in [1.54, 1.807) is 19.3 Å². The molecule has 0 radical (unpaired) electrons. The number of aliphatic hydroxyl groups excluding tert-OH is 1. The summed E-state index contributed by atoms with van der Waals surface area (Å²) >= 11 is 0. The van der Waals surface area contributed by atoms with Gasteiger partial charge in [0.1, 0.15) is 24.3 Å². The zero-order valence-corrected chi connectivity index (χ0v) is 18.8. The first-order valence-corrected chi connectivity index (χ1v) is 11.0. The Morgan fingerprint density at radius 2 is 2.15 bits per heavy atom. The maximum Gasteiger partial charge on any atom is 0.247 e. The highest BCUT2D eigenvalue weighted by Crippen LogP contribution is 2.30. The highest BCUT2D eigenvalue weighted by molar-refractivity contribution is 5.72. The van der Waals surface area contributed by atoms with Crippen LogP contribution < -0.4 is 20.9 Å². The van der Waals surface area contributed by atoms with E-state index in [0.29, 0.717) is 24.7 Å². The highest BCUT2D eigenvalue weighted by Gasteiger charge is 2.20. The molecule has 3 aromatic rings. The number of aromatic nitrogens is 3. The number of aliphatic hydroxyl groups is 1. The number of nitrogens with zero attached hydrogens (tertiary/aromatic N) is 2. The molecule has 1 aromatic carbocycles. The van der Waals surface area contributed by atoms with Crippen molar-refractivity contribution in [2.75, 3.05) is 38.7 Å². The lowest BCUT2D eigenvalue weighted by molar-refractivity contribution is 0.108. The van der Waals surface area contributed by atoms with E-state index in [1.807, 2.05) is 31.2 Å². The van der Waals surface area contributed by atoms with Crippen molar-refractivity contribution in [3.63, 3.8) is 0 Å². The number of ether oxygens (including phenoxy) is 2. The maximum absolute atomic E-state index is 11.6. The summed E-state index contributed by atoms with van der Waals surface area (Å²) in [6, 6.07) is 10.9. The van der Waals surface area contributed by atoms with Gasteiger partial charge in [-0.2, -0.15) is 0 Å². The van der Waals surface area contributed by atoms with Gasteiger partial charge in [0.15, 0.2) is 5.82 Å². The molecule has 1 fully saturated rings. The number of hydrogen-bond acceptors (Lipinski definition) is 8. The first kappa shape index (κ1) is 22.9. The van der Waals surface area contributed by atoms with Gasteiger partial charge in [0, 0.05) is 42.1 Å². The van der Waals surface area contributed by atoms with Crippen LogP contribution in [-0.2, 0) is 4.74 Å². The summed E-state index contributed by atoms with van der Waals surface area (Å²) in [7, 11) is 1.78. The van der Waals surface area contributed by atoms with Crippen molar-refractivity contribution in [3.8, 4) is 28.4 Å². The fourth-order valence-corrected chi connectivity index (χ4v) is 3.68. The Morgan fingerprint density at radius 1 is 1.27 bits per heavy atom. The molecule has 1 aliphatic heterocycles. The number of nitrogens with one attached hydrogen (secondary N) is 3. The van der Waals surface area contributed by atoms with Crippen LogP contribution in [0.4, 0.5) is 5.82 Å². The summed E-state index contributed by atoms with van der Waals surface area (Å²) in [4.78, 5) is 23.9. The zero-order valence-electron chi connectivity index (χ0n) is 18.8. The molecular weight excluding hydrogens is 422 g/mol. The second-order valence-electron chi connectivity index (χ2n) is 8.07. The third-order valence-electron chi connectivity index (χ3n) is 5.45. The highest BCUT2D eigenvalue weighted by atomic mass is 16.5. The van der Waals surface area contributed by atoms with Crippen molar-refractivity contribution in [1.82, 2.24) is 20.3 Å². The number of benzene rings is 1. The fourth-order valence-electron chi connectivity index (χ4n) is 3.68. The van der Waals surface area contributed by atoms with Crippen molar-refractivity contribution >= 4 is 5.82 Å². The quantitative estimate of drug-likeness (QED) is 0.390. The maximum atomic E-state index is 11.6. The van der Waals surface area contributed by atoms with Crippen LogP contribution in [0.15, 0.2) is 47.4 Å². The lowest BCUT2D eigenvalue weighted by Crippen LogP contribution is -2.29. The Kier molecular flexibility index (Phi) is 7.33. The molecule has 4 N–H and O–H groups in total. The second kappa shape index (κ2) is 10.6. The van der Waals surface area contributed by atoms with E-state index in [1.165, 1.54) is 6.07 Å². The van der Waals surface area contributed by atoms with Crippen molar-refractivity contribution in [2.45, 2.75) is 25.5 Å². The Labute approximate surface area is 192 Å². The molecule has 0 bridgehead atoms. The minimum Gasteiger partial charge on any atom is -0.491 e. The van der Waals surface area contributed by atoms with Crippen LogP contribution in [-0.4, -0.2) is 65.6 Å². The van der Waals surface area contributed by atoms with Gasteiger partial charge < -0.3 is 30.2 Å². The molecule has 0 spiro atoms. The predicted molar refractivity (Wildman–Crippen MR) is 127 cm³/mol. The van der Waals surface area contributed by atoms with E-state index >= 15 is 0 Å². The average molecular weight is 452 g/mol. The van der Waals surface area contributed by atoms with Crippen LogP contribution >= 0.6 is 0 Å². The van der Waals surface area contributed by atoms with Crippen LogP contribution in [0.25, 0.3) is 22.6 Å². The van der Waals surface area contributed by atoms with E-state index in [2.05, 4.69) is 15.6 Å². The van der Waals surface area contributed by atoms with Crippen molar-refractivity contribution < 1.29 is 14.6 Å². The summed E-state index contributed by atoms with van der Waals surface area (Å²) < 4.78 is 11.3. The van der Waals surface area contributed by atoms with Crippen LogP contribution in [0.2, 0.25) is 0 Å². The van der Waals surface area contributed by atoms with Gasteiger partial charge in [-0.1, -0.05) is 12.1 Å². The Morgan fingerprint density at radius 3 is 2.88 bits per heavy atom. The molecule has 174 valence electrons. The molecule has 2 unspecified atom stereocenters. The Hall–Kier alpha value is -3.27. The van der Waals surface area contributed by atoms with Crippen LogP contribution in [0.3, 0.4) is 0 Å². The number of rotatable bonds is 9. The van der Waals surface area contributed by atoms with Gasteiger partial charge in [-0.05, 0) is 38.6 Å². The molecule has 9 heteroatoms. The topological polar surface area (TPSA) is 121 Å². The Bertz CT molecular complexity index is 1120. The summed E-state index contributed by atoms with van der Waals surface area (Å²) in [6.07, 6.45) is 1.96. The Balaban J connectivity index is 1.69. The second-order valence-corrected chi connectivity index (χ2v) is 8.07. The van der Waals surface area contributed by atoms with E-state index in [4.69, 9.17) is 19.4 Å². The van der Waals surface area contributed by atoms with Gasteiger partial charge in [-0.25, -0.2) is 9.97 Å².